The van der Waals surface area contributed by atoms with E-state index in [0.717, 1.165) is 17.9 Å². The van der Waals surface area contributed by atoms with E-state index in [0.29, 0.717) is 12.8 Å². The molecule has 1 aromatic rings. The van der Waals surface area contributed by atoms with Crippen molar-refractivity contribution in [3.8, 4) is 18.1 Å². The summed E-state index contributed by atoms with van der Waals surface area (Å²) >= 11 is 6.02. The van der Waals surface area contributed by atoms with E-state index in [1.807, 2.05) is 5.92 Å². The molecule has 1 atom stereocenters. The van der Waals surface area contributed by atoms with E-state index in [4.69, 9.17) is 22.8 Å². The lowest BCUT2D eigenvalue weighted by atomic mass is 9.94. The maximum Gasteiger partial charge on any atom is 0.425 e. The van der Waals surface area contributed by atoms with Crippen molar-refractivity contribution in [1.29, 1.82) is 0 Å². The van der Waals surface area contributed by atoms with Crippen molar-refractivity contribution >= 4 is 29.2 Å². The maximum atomic E-state index is 12.7. The van der Waals surface area contributed by atoms with Crippen molar-refractivity contribution in [2.45, 2.75) is 50.4 Å². The van der Waals surface area contributed by atoms with E-state index in [2.05, 4.69) is 0 Å². The van der Waals surface area contributed by atoms with Crippen LogP contribution in [0.3, 0.4) is 0 Å². The fraction of sp³-hybridized carbons (Fsp3) is 0.444. The van der Waals surface area contributed by atoms with Crippen LogP contribution in [0.5, 0.6) is 5.75 Å². The summed E-state index contributed by atoms with van der Waals surface area (Å²) in [6.45, 7) is 0.830. The van der Waals surface area contributed by atoms with E-state index in [1.54, 1.807) is 0 Å². The van der Waals surface area contributed by atoms with Crippen LogP contribution in [0.4, 0.5) is 18.9 Å². The lowest BCUT2D eigenvalue weighted by molar-refractivity contribution is -0.189. The average Bonchev–Trinajstić information content (AvgIpc) is 3.07. The van der Waals surface area contributed by atoms with Crippen LogP contribution in [-0.2, 0) is 9.59 Å². The Bertz CT molecular complexity index is 782. The molecule has 9 heteroatoms. The van der Waals surface area contributed by atoms with Gasteiger partial charge in [-0.05, 0) is 43.9 Å². The zero-order valence-corrected chi connectivity index (χ0v) is 15.1. The Kier molecular flexibility index (Phi) is 5.95. The van der Waals surface area contributed by atoms with Gasteiger partial charge < -0.3 is 9.84 Å². The maximum absolute atomic E-state index is 12.7. The standard InChI is InChI=1S/C18H17ClF3NO4/c1-3-15(24)23(17(16(25)26)8-4-5-9-17)12-6-7-14(13(19)10-12)27-11(2)18(20,21)22/h1,6-7,10-11H,4-5,8-9H2,2H3,(H,25,26). The van der Waals surface area contributed by atoms with E-state index in [9.17, 15) is 27.9 Å². The molecule has 1 N–H and O–H groups in total. The van der Waals surface area contributed by atoms with Crippen LogP contribution >= 0.6 is 11.6 Å². The summed E-state index contributed by atoms with van der Waals surface area (Å²) in [7, 11) is 0. The van der Waals surface area contributed by atoms with Crippen LogP contribution in [0.25, 0.3) is 0 Å². The van der Waals surface area contributed by atoms with E-state index >= 15 is 0 Å². The second-order valence-electron chi connectivity index (χ2n) is 6.25. The number of amides is 1. The van der Waals surface area contributed by atoms with E-state index in [-0.39, 0.29) is 29.3 Å². The van der Waals surface area contributed by atoms with Crippen LogP contribution in [0.15, 0.2) is 18.2 Å². The highest BCUT2D eigenvalue weighted by molar-refractivity contribution is 6.32. The number of carbonyl (C=O) groups excluding carboxylic acids is 1. The zero-order chi connectivity index (χ0) is 20.4. The number of carbonyl (C=O) groups is 2. The molecule has 1 amide bonds. The molecular formula is C18H17ClF3NO4. The number of terminal acetylenes is 1. The van der Waals surface area contributed by atoms with Gasteiger partial charge in [0.05, 0.1) is 5.02 Å². The molecule has 0 saturated heterocycles. The molecule has 1 aromatic carbocycles. The fourth-order valence-electron chi connectivity index (χ4n) is 3.10. The fourth-order valence-corrected chi connectivity index (χ4v) is 3.32. The van der Waals surface area contributed by atoms with Gasteiger partial charge in [-0.1, -0.05) is 24.4 Å². The molecule has 0 aliphatic heterocycles. The third-order valence-corrected chi connectivity index (χ3v) is 4.82. The van der Waals surface area contributed by atoms with Crippen LogP contribution in [0, 0.1) is 12.3 Å². The van der Waals surface area contributed by atoms with Gasteiger partial charge in [0.15, 0.2) is 6.10 Å². The number of rotatable bonds is 5. The lowest BCUT2D eigenvalue weighted by Crippen LogP contribution is -2.55. The number of ether oxygens (including phenoxy) is 1. The van der Waals surface area contributed by atoms with E-state index in [1.165, 1.54) is 12.1 Å². The molecule has 1 saturated carbocycles. The number of carboxylic acid groups (broad SMARTS) is 1. The Morgan fingerprint density at radius 2 is 1.96 bits per heavy atom. The molecule has 0 heterocycles. The highest BCUT2D eigenvalue weighted by atomic mass is 35.5. The number of aliphatic carboxylic acids is 1. The molecule has 0 bridgehead atoms. The van der Waals surface area contributed by atoms with Gasteiger partial charge in [0.2, 0.25) is 0 Å². The van der Waals surface area contributed by atoms with Gasteiger partial charge in [0.1, 0.15) is 11.3 Å². The molecular weight excluding hydrogens is 387 g/mol. The number of hydrogen-bond acceptors (Lipinski definition) is 3. The third-order valence-electron chi connectivity index (χ3n) is 4.52. The number of carboxylic acids is 1. The van der Waals surface area contributed by atoms with Gasteiger partial charge in [0, 0.05) is 5.69 Å². The molecule has 1 aliphatic rings. The molecule has 2 rings (SSSR count). The van der Waals surface area contributed by atoms with Gasteiger partial charge in [-0.25, -0.2) is 4.79 Å². The summed E-state index contributed by atoms with van der Waals surface area (Å²) in [6.07, 6.45) is 0.132. The zero-order valence-electron chi connectivity index (χ0n) is 14.3. The molecule has 5 nitrogen and oxygen atoms in total. The minimum absolute atomic E-state index is 0.0826. The first-order valence-electron chi connectivity index (χ1n) is 8.10. The Hall–Kier alpha value is -2.40. The number of anilines is 1. The molecule has 1 fully saturated rings. The van der Waals surface area contributed by atoms with Gasteiger partial charge in [-0.15, -0.1) is 6.42 Å². The normalized spacial score (nSPS) is 17.0. The number of nitrogens with zero attached hydrogens (tertiary/aromatic N) is 1. The molecule has 0 spiro atoms. The first kappa shape index (κ1) is 20.9. The summed E-state index contributed by atoms with van der Waals surface area (Å²) in [6, 6.07) is 3.60. The summed E-state index contributed by atoms with van der Waals surface area (Å²) in [4.78, 5) is 25.2. The van der Waals surface area contributed by atoms with Crippen molar-refractivity contribution in [3.05, 3.63) is 23.2 Å². The average molecular weight is 404 g/mol. The van der Waals surface area contributed by atoms with Crippen molar-refractivity contribution in [3.63, 3.8) is 0 Å². The van der Waals surface area contributed by atoms with Crippen molar-refractivity contribution in [2.75, 3.05) is 4.90 Å². The second kappa shape index (κ2) is 7.69. The number of halogens is 4. The Labute approximate surface area is 159 Å². The van der Waals surface area contributed by atoms with Crippen LogP contribution in [0.2, 0.25) is 5.02 Å². The number of benzene rings is 1. The SMILES string of the molecule is C#CC(=O)N(c1ccc(OC(C)C(F)(F)F)c(Cl)c1)C1(C(=O)O)CCCC1. The third kappa shape index (κ3) is 4.14. The van der Waals surface area contributed by atoms with Crippen molar-refractivity contribution < 1.29 is 32.6 Å². The summed E-state index contributed by atoms with van der Waals surface area (Å²) < 4.78 is 42.8. The van der Waals surface area contributed by atoms with Gasteiger partial charge in [-0.3, -0.25) is 9.69 Å². The summed E-state index contributed by atoms with van der Waals surface area (Å²) in [5.74, 6) is -0.406. The smallest absolute Gasteiger partial charge is 0.425 e. The van der Waals surface area contributed by atoms with Crippen molar-refractivity contribution in [1.82, 2.24) is 0 Å². The first-order chi connectivity index (χ1) is 12.5. The van der Waals surface area contributed by atoms with Crippen LogP contribution in [-0.4, -0.2) is 34.8 Å². The van der Waals surface area contributed by atoms with Gasteiger partial charge >= 0.3 is 18.1 Å². The first-order valence-corrected chi connectivity index (χ1v) is 8.48. The highest BCUT2D eigenvalue weighted by Crippen LogP contribution is 2.41. The number of hydrogen-bond donors (Lipinski definition) is 1. The summed E-state index contributed by atoms with van der Waals surface area (Å²) in [5, 5.41) is 9.53. The molecule has 27 heavy (non-hydrogen) atoms. The largest absolute Gasteiger partial charge is 0.480 e. The molecule has 146 valence electrons. The Morgan fingerprint density at radius 1 is 1.37 bits per heavy atom. The number of alkyl halides is 3. The minimum Gasteiger partial charge on any atom is -0.480 e. The monoisotopic (exact) mass is 403 g/mol. The molecule has 1 aliphatic carbocycles. The molecule has 0 radical (unpaired) electrons. The highest BCUT2D eigenvalue weighted by Gasteiger charge is 2.49. The minimum atomic E-state index is -4.58. The van der Waals surface area contributed by atoms with E-state index < -0.39 is 29.7 Å². The van der Waals surface area contributed by atoms with Gasteiger partial charge in [-0.2, -0.15) is 13.2 Å². The van der Waals surface area contributed by atoms with Crippen molar-refractivity contribution in [2.24, 2.45) is 0 Å². The predicted octanol–water partition coefficient (Wildman–Crippen LogP) is 4.03. The van der Waals surface area contributed by atoms with Crippen LogP contribution < -0.4 is 9.64 Å². The molecule has 0 aromatic heterocycles. The topological polar surface area (TPSA) is 66.8 Å². The Balaban J connectivity index is 2.44. The Morgan fingerprint density at radius 3 is 2.41 bits per heavy atom. The predicted molar refractivity (Wildman–Crippen MR) is 92.8 cm³/mol. The molecule has 1 unspecified atom stereocenters. The lowest BCUT2D eigenvalue weighted by Gasteiger charge is -2.36. The summed E-state index contributed by atoms with van der Waals surface area (Å²) in [5.41, 5.74) is -1.44. The quantitative estimate of drug-likeness (QED) is 0.754. The van der Waals surface area contributed by atoms with Gasteiger partial charge in [0.25, 0.3) is 0 Å². The second-order valence-corrected chi connectivity index (χ2v) is 6.65. The van der Waals surface area contributed by atoms with Crippen LogP contribution in [0.1, 0.15) is 32.6 Å².